The van der Waals surface area contributed by atoms with E-state index in [1.165, 1.54) is 0 Å². The highest BCUT2D eigenvalue weighted by Gasteiger charge is 2.45. The third-order valence-electron chi connectivity index (χ3n) is 5.63. The summed E-state index contributed by atoms with van der Waals surface area (Å²) < 4.78 is 5.51. The molecule has 1 aliphatic carbocycles. The van der Waals surface area contributed by atoms with Gasteiger partial charge in [-0.15, -0.1) is 0 Å². The molecule has 1 atom stereocenters. The Morgan fingerprint density at radius 3 is 2.83 bits per heavy atom. The van der Waals surface area contributed by atoms with Crippen LogP contribution in [-0.4, -0.2) is 46.6 Å². The molecule has 23 heavy (non-hydrogen) atoms. The molecule has 0 unspecified atom stereocenters. The highest BCUT2D eigenvalue weighted by molar-refractivity contribution is 5.81. The van der Waals surface area contributed by atoms with Crippen molar-refractivity contribution in [1.29, 1.82) is 0 Å². The average Bonchev–Trinajstić information content (AvgIpc) is 3.17. The lowest BCUT2D eigenvalue weighted by atomic mass is 9.76. The van der Waals surface area contributed by atoms with E-state index in [2.05, 4.69) is 9.97 Å². The zero-order valence-electron chi connectivity index (χ0n) is 13.1. The number of amides is 1. The van der Waals surface area contributed by atoms with Crippen LogP contribution < -0.4 is 11.3 Å². The molecule has 3 heterocycles. The van der Waals surface area contributed by atoms with Gasteiger partial charge in [0.2, 0.25) is 5.95 Å². The normalized spacial score (nSPS) is 25.7. The van der Waals surface area contributed by atoms with Crippen LogP contribution in [0.5, 0.6) is 0 Å². The number of rotatable bonds is 1. The third-order valence-corrected chi connectivity index (χ3v) is 5.63. The van der Waals surface area contributed by atoms with Crippen molar-refractivity contribution in [3.8, 4) is 0 Å². The third kappa shape index (κ3) is 2.34. The molecule has 4 rings (SSSR count). The molecule has 3 N–H and O–H groups in total. The van der Waals surface area contributed by atoms with Crippen molar-refractivity contribution in [3.05, 3.63) is 21.6 Å². The number of ether oxygens (including phenoxy) is 1. The van der Waals surface area contributed by atoms with Gasteiger partial charge in [0.15, 0.2) is 0 Å². The van der Waals surface area contributed by atoms with Crippen molar-refractivity contribution < 1.29 is 9.53 Å². The number of nitrogens with one attached hydrogen (secondary N) is 1. The number of nitrogens with zero attached hydrogens (tertiary/aromatic N) is 2. The Hall–Kier alpha value is -1.89. The van der Waals surface area contributed by atoms with E-state index in [0.29, 0.717) is 19.7 Å². The fraction of sp³-hybridized carbons (Fsp3) is 0.688. The second-order valence-electron chi connectivity index (χ2n) is 6.89. The van der Waals surface area contributed by atoms with Gasteiger partial charge in [-0.2, -0.15) is 0 Å². The minimum Gasteiger partial charge on any atom is -0.369 e. The number of hydrogen-bond acceptors (Lipinski definition) is 5. The highest BCUT2D eigenvalue weighted by atomic mass is 16.5. The predicted octanol–water partition coefficient (Wildman–Crippen LogP) is 0.337. The van der Waals surface area contributed by atoms with Crippen LogP contribution in [0.2, 0.25) is 0 Å². The molecule has 0 saturated carbocycles. The number of aromatic amines is 1. The van der Waals surface area contributed by atoms with E-state index >= 15 is 0 Å². The van der Waals surface area contributed by atoms with Crippen LogP contribution in [0.3, 0.4) is 0 Å². The number of carbonyl (C=O) groups is 1. The van der Waals surface area contributed by atoms with Gasteiger partial charge in [-0.25, -0.2) is 4.98 Å². The molecule has 0 aromatic carbocycles. The summed E-state index contributed by atoms with van der Waals surface area (Å²) in [6, 6.07) is 0. The van der Waals surface area contributed by atoms with Crippen molar-refractivity contribution in [3.63, 3.8) is 0 Å². The molecule has 1 spiro atoms. The first-order valence-corrected chi connectivity index (χ1v) is 8.39. The number of carbonyl (C=O) groups excluding carboxylic acids is 1. The van der Waals surface area contributed by atoms with Crippen LogP contribution in [-0.2, 0) is 21.4 Å². The number of likely N-dealkylation sites (tertiary alicyclic amines) is 1. The minimum absolute atomic E-state index is 0.0922. The maximum Gasteiger partial charge on any atom is 0.255 e. The lowest BCUT2D eigenvalue weighted by molar-refractivity contribution is -0.142. The van der Waals surface area contributed by atoms with E-state index in [0.717, 1.165) is 49.8 Å². The fourth-order valence-corrected chi connectivity index (χ4v) is 4.29. The average molecular weight is 318 g/mol. The molecule has 3 aliphatic rings. The molecule has 0 bridgehead atoms. The van der Waals surface area contributed by atoms with E-state index in [-0.39, 0.29) is 28.9 Å². The highest BCUT2D eigenvalue weighted by Crippen LogP contribution is 2.44. The number of fused-ring (bicyclic) bond motifs is 2. The Balaban J connectivity index is 1.52. The number of nitrogens with two attached hydrogens (primary N) is 1. The van der Waals surface area contributed by atoms with Crippen LogP contribution in [0.25, 0.3) is 0 Å². The van der Waals surface area contributed by atoms with Crippen LogP contribution in [0, 0.1) is 0 Å². The Bertz CT molecular complexity index is 685. The summed E-state index contributed by atoms with van der Waals surface area (Å²) in [5, 5.41) is 0. The Labute approximate surface area is 134 Å². The summed E-state index contributed by atoms with van der Waals surface area (Å²) >= 11 is 0. The number of H-pyrrole nitrogens is 1. The molecule has 1 aromatic rings. The zero-order valence-corrected chi connectivity index (χ0v) is 13.1. The summed E-state index contributed by atoms with van der Waals surface area (Å²) in [6.45, 7) is 2.09. The zero-order chi connectivity index (χ0) is 16.0. The van der Waals surface area contributed by atoms with E-state index in [4.69, 9.17) is 10.5 Å². The lowest BCUT2D eigenvalue weighted by Crippen LogP contribution is -2.48. The van der Waals surface area contributed by atoms with Gasteiger partial charge in [-0.1, -0.05) is 0 Å². The Morgan fingerprint density at radius 1 is 1.35 bits per heavy atom. The predicted molar refractivity (Wildman–Crippen MR) is 84.1 cm³/mol. The summed E-state index contributed by atoms with van der Waals surface area (Å²) in [5.74, 6) is 0.307. The molecule has 1 aromatic heterocycles. The van der Waals surface area contributed by atoms with Crippen molar-refractivity contribution >= 4 is 11.9 Å². The molecule has 2 saturated heterocycles. The molecule has 7 nitrogen and oxygen atoms in total. The molecule has 2 fully saturated rings. The van der Waals surface area contributed by atoms with Crippen molar-refractivity contribution in [2.75, 3.05) is 25.4 Å². The Kier molecular flexibility index (Phi) is 3.41. The number of nitrogen functional groups attached to an aromatic ring is 1. The van der Waals surface area contributed by atoms with Crippen LogP contribution in [0.1, 0.15) is 43.4 Å². The summed E-state index contributed by atoms with van der Waals surface area (Å²) in [7, 11) is 0. The molecule has 0 radical (unpaired) electrons. The maximum absolute atomic E-state index is 12.5. The number of anilines is 1. The van der Waals surface area contributed by atoms with Crippen LogP contribution in [0.15, 0.2) is 4.79 Å². The largest absolute Gasteiger partial charge is 0.369 e. The first-order valence-electron chi connectivity index (χ1n) is 8.39. The van der Waals surface area contributed by atoms with Crippen LogP contribution >= 0.6 is 0 Å². The molecule has 2 aliphatic heterocycles. The topological polar surface area (TPSA) is 101 Å². The molecular formula is C16H22N4O3. The molecule has 7 heteroatoms. The first-order chi connectivity index (χ1) is 11.1. The van der Waals surface area contributed by atoms with E-state index in [9.17, 15) is 9.59 Å². The van der Waals surface area contributed by atoms with Gasteiger partial charge in [0.05, 0.1) is 5.69 Å². The number of hydrogen-bond donors (Lipinski definition) is 2. The van der Waals surface area contributed by atoms with Crippen LogP contribution in [0.4, 0.5) is 5.95 Å². The van der Waals surface area contributed by atoms with Gasteiger partial charge in [-0.3, -0.25) is 14.6 Å². The van der Waals surface area contributed by atoms with E-state index in [1.54, 1.807) is 0 Å². The smallest absolute Gasteiger partial charge is 0.255 e. The molecule has 124 valence electrons. The van der Waals surface area contributed by atoms with E-state index in [1.807, 2.05) is 4.90 Å². The standard InChI is InChI=1S/C16H22N4O3/c17-15-18-12-10(13(21)19-15)3-4-16(12)5-7-20(8-6-16)14(22)11-2-1-9-23-11/h11H,1-9H2,(H3,17,18,19,21)/t11-/m1/s1. The lowest BCUT2D eigenvalue weighted by Gasteiger charge is -2.40. The van der Waals surface area contributed by atoms with Crippen molar-refractivity contribution in [1.82, 2.24) is 14.9 Å². The fourth-order valence-electron chi connectivity index (χ4n) is 4.29. The second kappa shape index (κ2) is 5.33. The first kappa shape index (κ1) is 14.7. The second-order valence-corrected chi connectivity index (χ2v) is 6.89. The molecular weight excluding hydrogens is 296 g/mol. The maximum atomic E-state index is 12.5. The quantitative estimate of drug-likeness (QED) is 0.777. The van der Waals surface area contributed by atoms with Gasteiger partial charge in [0, 0.05) is 30.7 Å². The van der Waals surface area contributed by atoms with Gasteiger partial charge in [0.1, 0.15) is 6.10 Å². The number of aromatic nitrogens is 2. The SMILES string of the molecule is Nc1nc2c(c(=O)[nH]1)CCC21CCN(C(=O)[C@H]2CCCO2)CC1. The minimum atomic E-state index is -0.253. The summed E-state index contributed by atoms with van der Waals surface area (Å²) in [6.07, 6.45) is 4.89. The monoisotopic (exact) mass is 318 g/mol. The number of piperidine rings is 1. The Morgan fingerprint density at radius 2 is 2.13 bits per heavy atom. The van der Waals surface area contributed by atoms with Crippen molar-refractivity contribution in [2.45, 2.75) is 50.0 Å². The van der Waals surface area contributed by atoms with Gasteiger partial charge >= 0.3 is 0 Å². The molecule has 1 amide bonds. The van der Waals surface area contributed by atoms with Gasteiger partial charge < -0.3 is 15.4 Å². The summed E-state index contributed by atoms with van der Waals surface area (Å²) in [5.41, 5.74) is 7.17. The van der Waals surface area contributed by atoms with Gasteiger partial charge in [0.25, 0.3) is 11.5 Å². The van der Waals surface area contributed by atoms with Gasteiger partial charge in [-0.05, 0) is 38.5 Å². The summed E-state index contributed by atoms with van der Waals surface area (Å²) in [4.78, 5) is 33.4. The van der Waals surface area contributed by atoms with Crippen molar-refractivity contribution in [2.24, 2.45) is 0 Å². The van der Waals surface area contributed by atoms with E-state index < -0.39 is 0 Å².